The fraction of sp³-hybridized carbons (Fsp3) is 0.625. The minimum atomic E-state index is -0.386. The first-order chi connectivity index (χ1) is 9.49. The van der Waals surface area contributed by atoms with Crippen molar-refractivity contribution < 1.29 is 4.39 Å². The number of nitrogens with zero attached hydrogens (tertiary/aromatic N) is 1. The summed E-state index contributed by atoms with van der Waals surface area (Å²) in [6, 6.07) is 3.51. The van der Waals surface area contributed by atoms with E-state index in [1.165, 1.54) is 37.8 Å². The standard InChI is InChI=1S/C16H24ClFN2/c1-11(2)7-8-20(12-5-3-4-6-12)16-10-14(18)13(17)9-15(16)19/h9-12H,3-8,19H2,1-2H3. The number of nitrogens with two attached hydrogens (primary N) is 1. The van der Waals surface area contributed by atoms with Crippen LogP contribution in [0.15, 0.2) is 12.1 Å². The molecule has 0 bridgehead atoms. The Morgan fingerprint density at radius 1 is 1.35 bits per heavy atom. The van der Waals surface area contributed by atoms with Crippen molar-refractivity contribution >= 4 is 23.0 Å². The van der Waals surface area contributed by atoms with Gasteiger partial charge in [0.05, 0.1) is 16.4 Å². The van der Waals surface area contributed by atoms with Crippen LogP contribution in [0.5, 0.6) is 0 Å². The van der Waals surface area contributed by atoms with Crippen LogP contribution in [0, 0.1) is 11.7 Å². The molecule has 0 amide bonds. The van der Waals surface area contributed by atoms with E-state index in [1.54, 1.807) is 0 Å². The van der Waals surface area contributed by atoms with Gasteiger partial charge in [0, 0.05) is 18.7 Å². The summed E-state index contributed by atoms with van der Waals surface area (Å²) in [4.78, 5) is 2.29. The molecule has 0 unspecified atom stereocenters. The second-order valence-electron chi connectivity index (χ2n) is 6.14. The molecule has 0 spiro atoms. The molecule has 20 heavy (non-hydrogen) atoms. The average molecular weight is 299 g/mol. The molecule has 0 aliphatic heterocycles. The Labute approximate surface area is 126 Å². The summed E-state index contributed by atoms with van der Waals surface area (Å²) < 4.78 is 13.8. The van der Waals surface area contributed by atoms with Gasteiger partial charge in [-0.1, -0.05) is 38.3 Å². The lowest BCUT2D eigenvalue weighted by atomic mass is 10.1. The molecule has 0 saturated heterocycles. The molecule has 1 aromatic carbocycles. The number of nitrogen functional groups attached to an aromatic ring is 1. The molecule has 1 aliphatic rings. The molecular formula is C16H24ClFN2. The normalized spacial score (nSPS) is 16.1. The van der Waals surface area contributed by atoms with Gasteiger partial charge in [-0.3, -0.25) is 0 Å². The van der Waals surface area contributed by atoms with Crippen LogP contribution in [0.3, 0.4) is 0 Å². The molecule has 0 aromatic heterocycles. The fourth-order valence-corrected chi connectivity index (χ4v) is 3.09. The quantitative estimate of drug-likeness (QED) is 0.787. The maximum atomic E-state index is 13.8. The molecular weight excluding hydrogens is 275 g/mol. The van der Waals surface area contributed by atoms with E-state index in [4.69, 9.17) is 17.3 Å². The highest BCUT2D eigenvalue weighted by Crippen LogP contribution is 2.35. The van der Waals surface area contributed by atoms with Crippen LogP contribution < -0.4 is 10.6 Å². The third kappa shape index (κ3) is 3.57. The average Bonchev–Trinajstić information content (AvgIpc) is 2.89. The number of rotatable bonds is 5. The molecule has 112 valence electrons. The minimum absolute atomic E-state index is 0.0986. The molecule has 2 nitrogen and oxygen atoms in total. The van der Waals surface area contributed by atoms with Gasteiger partial charge in [0.1, 0.15) is 5.82 Å². The van der Waals surface area contributed by atoms with Crippen molar-refractivity contribution in [2.24, 2.45) is 5.92 Å². The van der Waals surface area contributed by atoms with Gasteiger partial charge in [0.2, 0.25) is 0 Å². The molecule has 4 heteroatoms. The first-order valence-corrected chi connectivity index (χ1v) is 7.88. The Balaban J connectivity index is 2.27. The second kappa shape index (κ2) is 6.66. The van der Waals surface area contributed by atoms with Gasteiger partial charge in [-0.2, -0.15) is 0 Å². The molecule has 0 heterocycles. The Hall–Kier alpha value is -0.960. The summed E-state index contributed by atoms with van der Waals surface area (Å²) in [5, 5.41) is 0.0986. The fourth-order valence-electron chi connectivity index (χ4n) is 2.91. The first-order valence-electron chi connectivity index (χ1n) is 7.50. The van der Waals surface area contributed by atoms with Crippen LogP contribution >= 0.6 is 11.6 Å². The molecule has 1 fully saturated rings. The van der Waals surface area contributed by atoms with E-state index < -0.39 is 0 Å². The lowest BCUT2D eigenvalue weighted by molar-refractivity contribution is 0.527. The predicted molar refractivity (Wildman–Crippen MR) is 84.9 cm³/mol. The smallest absolute Gasteiger partial charge is 0.144 e. The van der Waals surface area contributed by atoms with Gasteiger partial charge in [0.15, 0.2) is 0 Å². The van der Waals surface area contributed by atoms with Crippen molar-refractivity contribution in [3.63, 3.8) is 0 Å². The van der Waals surface area contributed by atoms with Gasteiger partial charge in [-0.15, -0.1) is 0 Å². The highest BCUT2D eigenvalue weighted by molar-refractivity contribution is 6.31. The Morgan fingerprint density at radius 3 is 2.60 bits per heavy atom. The van der Waals surface area contributed by atoms with Gasteiger partial charge in [-0.25, -0.2) is 4.39 Å². The number of hydrogen-bond acceptors (Lipinski definition) is 2. The van der Waals surface area contributed by atoms with E-state index in [-0.39, 0.29) is 10.8 Å². The van der Waals surface area contributed by atoms with E-state index in [0.29, 0.717) is 17.6 Å². The first kappa shape index (κ1) is 15.4. The molecule has 2 rings (SSSR count). The highest BCUT2D eigenvalue weighted by atomic mass is 35.5. The largest absolute Gasteiger partial charge is 0.397 e. The van der Waals surface area contributed by atoms with E-state index in [1.807, 2.05) is 0 Å². The van der Waals surface area contributed by atoms with Crippen molar-refractivity contribution in [3.8, 4) is 0 Å². The maximum absolute atomic E-state index is 13.8. The lowest BCUT2D eigenvalue weighted by Crippen LogP contribution is -2.35. The number of anilines is 2. The third-order valence-corrected chi connectivity index (χ3v) is 4.38. The van der Waals surface area contributed by atoms with Crippen molar-refractivity contribution in [3.05, 3.63) is 23.0 Å². The molecule has 1 saturated carbocycles. The van der Waals surface area contributed by atoms with Crippen molar-refractivity contribution in [1.29, 1.82) is 0 Å². The topological polar surface area (TPSA) is 29.3 Å². The van der Waals surface area contributed by atoms with Crippen molar-refractivity contribution in [2.75, 3.05) is 17.2 Å². The zero-order chi connectivity index (χ0) is 14.7. The minimum Gasteiger partial charge on any atom is -0.397 e. The van der Waals surface area contributed by atoms with Crippen molar-refractivity contribution in [2.45, 2.75) is 52.0 Å². The van der Waals surface area contributed by atoms with E-state index >= 15 is 0 Å². The van der Waals surface area contributed by atoms with Crippen LogP contribution in [0.25, 0.3) is 0 Å². The lowest BCUT2D eigenvalue weighted by Gasteiger charge is -2.33. The summed E-state index contributed by atoms with van der Waals surface area (Å²) in [6.45, 7) is 5.34. The second-order valence-corrected chi connectivity index (χ2v) is 6.55. The van der Waals surface area contributed by atoms with Gasteiger partial charge in [0.25, 0.3) is 0 Å². The molecule has 2 N–H and O–H groups in total. The Bertz CT molecular complexity index is 456. The van der Waals surface area contributed by atoms with Crippen LogP contribution in [-0.2, 0) is 0 Å². The van der Waals surface area contributed by atoms with Gasteiger partial charge in [-0.05, 0) is 31.2 Å². The predicted octanol–water partition coefficient (Wildman–Crippen LogP) is 4.86. The summed E-state index contributed by atoms with van der Waals surface area (Å²) >= 11 is 5.80. The van der Waals surface area contributed by atoms with E-state index in [2.05, 4.69) is 18.7 Å². The molecule has 1 aromatic rings. The molecule has 0 atom stereocenters. The number of hydrogen-bond donors (Lipinski definition) is 1. The monoisotopic (exact) mass is 298 g/mol. The van der Waals surface area contributed by atoms with E-state index in [0.717, 1.165) is 18.7 Å². The SMILES string of the molecule is CC(C)CCN(c1cc(F)c(Cl)cc1N)C1CCCC1. The Kier molecular flexibility index (Phi) is 5.14. The van der Waals surface area contributed by atoms with Gasteiger partial charge < -0.3 is 10.6 Å². The van der Waals surface area contributed by atoms with E-state index in [9.17, 15) is 4.39 Å². The zero-order valence-electron chi connectivity index (χ0n) is 12.3. The summed E-state index contributed by atoms with van der Waals surface area (Å²) in [7, 11) is 0. The van der Waals surface area contributed by atoms with Crippen molar-refractivity contribution in [1.82, 2.24) is 0 Å². The van der Waals surface area contributed by atoms with Gasteiger partial charge >= 0.3 is 0 Å². The Morgan fingerprint density at radius 2 is 2.00 bits per heavy atom. The number of benzene rings is 1. The van der Waals surface area contributed by atoms with Crippen LogP contribution in [0.2, 0.25) is 5.02 Å². The summed E-state index contributed by atoms with van der Waals surface area (Å²) in [5.74, 6) is 0.237. The maximum Gasteiger partial charge on any atom is 0.144 e. The number of halogens is 2. The highest BCUT2D eigenvalue weighted by Gasteiger charge is 2.25. The van der Waals surface area contributed by atoms with Crippen LogP contribution in [0.4, 0.5) is 15.8 Å². The van der Waals surface area contributed by atoms with Crippen LogP contribution in [-0.4, -0.2) is 12.6 Å². The third-order valence-electron chi connectivity index (χ3n) is 4.09. The summed E-state index contributed by atoms with van der Waals surface area (Å²) in [5.41, 5.74) is 7.45. The summed E-state index contributed by atoms with van der Waals surface area (Å²) in [6.07, 6.45) is 5.92. The molecule has 1 aliphatic carbocycles. The molecule has 0 radical (unpaired) electrons. The zero-order valence-corrected chi connectivity index (χ0v) is 13.1. The van der Waals surface area contributed by atoms with Crippen LogP contribution in [0.1, 0.15) is 46.0 Å².